The molecule has 1 heteroatoms. The minimum absolute atomic E-state index is 0.0754. The first-order valence-corrected chi connectivity index (χ1v) is 16.8. The highest BCUT2D eigenvalue weighted by Crippen LogP contribution is 2.55. The summed E-state index contributed by atoms with van der Waals surface area (Å²) in [7, 11) is 0. The summed E-state index contributed by atoms with van der Waals surface area (Å²) in [6, 6.07) is 60.6. The zero-order valence-electron chi connectivity index (χ0n) is 27.0. The molecule has 1 nitrogen and oxygen atoms in total. The van der Waals surface area contributed by atoms with E-state index in [0.29, 0.717) is 0 Å². The fraction of sp³-hybridized carbons (Fsp3) is 0.0638. The van der Waals surface area contributed by atoms with Crippen LogP contribution < -0.4 is 4.90 Å². The Labute approximate surface area is 281 Å². The Morgan fingerprint density at radius 2 is 0.917 bits per heavy atom. The first-order chi connectivity index (χ1) is 23.5. The molecule has 0 unspecified atom stereocenters. The molecule has 10 rings (SSSR count). The molecular weight excluding hydrogens is 579 g/mol. The zero-order chi connectivity index (χ0) is 32.0. The van der Waals surface area contributed by atoms with Gasteiger partial charge in [0.05, 0.1) is 5.69 Å². The van der Waals surface area contributed by atoms with E-state index in [1.165, 1.54) is 82.9 Å². The predicted octanol–water partition coefficient (Wildman–Crippen LogP) is 13.1. The van der Waals surface area contributed by atoms with E-state index in [1.54, 1.807) is 0 Å². The van der Waals surface area contributed by atoms with Gasteiger partial charge in [-0.15, -0.1) is 0 Å². The maximum atomic E-state index is 2.46. The van der Waals surface area contributed by atoms with Crippen LogP contribution in [0.5, 0.6) is 0 Å². The Morgan fingerprint density at radius 1 is 0.375 bits per heavy atom. The first kappa shape index (κ1) is 27.2. The second-order valence-corrected chi connectivity index (χ2v) is 13.8. The summed E-state index contributed by atoms with van der Waals surface area (Å²) in [4.78, 5) is 2.46. The minimum Gasteiger partial charge on any atom is -0.310 e. The van der Waals surface area contributed by atoms with Gasteiger partial charge in [-0.2, -0.15) is 0 Å². The van der Waals surface area contributed by atoms with Gasteiger partial charge in [0.25, 0.3) is 0 Å². The van der Waals surface area contributed by atoms with E-state index >= 15 is 0 Å². The molecular formula is C47H33N. The third kappa shape index (κ3) is 3.91. The van der Waals surface area contributed by atoms with Crippen LogP contribution in [0, 0.1) is 0 Å². The Balaban J connectivity index is 1.16. The molecule has 48 heavy (non-hydrogen) atoms. The average Bonchev–Trinajstić information content (AvgIpc) is 3.37. The number of anilines is 3. The molecule has 8 aromatic rings. The maximum absolute atomic E-state index is 2.46. The van der Waals surface area contributed by atoms with Crippen molar-refractivity contribution in [2.24, 2.45) is 0 Å². The molecule has 2 aliphatic carbocycles. The van der Waals surface area contributed by atoms with Gasteiger partial charge in [0.2, 0.25) is 0 Å². The molecule has 0 saturated carbocycles. The number of rotatable bonds is 4. The molecule has 0 aromatic heterocycles. The SMILES string of the molecule is CC1(C)c2ccccc2-c2c(N(c3ccc(-c4ccccc4)cc3)c3ccc4cc5c(cc4c3)-c3cc4ccccc4cc3-5)cccc21. The topological polar surface area (TPSA) is 3.24 Å². The monoisotopic (exact) mass is 611 g/mol. The van der Waals surface area contributed by atoms with Crippen LogP contribution in [0.4, 0.5) is 17.1 Å². The summed E-state index contributed by atoms with van der Waals surface area (Å²) in [6.45, 7) is 4.71. The van der Waals surface area contributed by atoms with Crippen molar-refractivity contribution >= 4 is 38.6 Å². The van der Waals surface area contributed by atoms with Gasteiger partial charge in [0.15, 0.2) is 0 Å². The second-order valence-electron chi connectivity index (χ2n) is 13.8. The summed E-state index contributed by atoms with van der Waals surface area (Å²) in [5.74, 6) is 0. The van der Waals surface area contributed by atoms with Crippen molar-refractivity contribution in [1.29, 1.82) is 0 Å². The number of benzene rings is 8. The van der Waals surface area contributed by atoms with Crippen LogP contribution in [-0.4, -0.2) is 0 Å². The summed E-state index contributed by atoms with van der Waals surface area (Å²) in [5, 5.41) is 5.11. The number of hydrogen-bond donors (Lipinski definition) is 0. The van der Waals surface area contributed by atoms with E-state index in [-0.39, 0.29) is 5.41 Å². The van der Waals surface area contributed by atoms with E-state index in [4.69, 9.17) is 0 Å². The van der Waals surface area contributed by atoms with Gasteiger partial charge >= 0.3 is 0 Å². The predicted molar refractivity (Wildman–Crippen MR) is 204 cm³/mol. The molecule has 0 saturated heterocycles. The zero-order valence-corrected chi connectivity index (χ0v) is 27.0. The molecule has 0 amide bonds. The molecule has 0 heterocycles. The molecule has 0 radical (unpaired) electrons. The Morgan fingerprint density at radius 3 is 1.62 bits per heavy atom. The molecule has 226 valence electrons. The molecule has 8 aromatic carbocycles. The third-order valence-corrected chi connectivity index (χ3v) is 10.7. The molecule has 0 N–H and O–H groups in total. The van der Waals surface area contributed by atoms with Crippen molar-refractivity contribution in [2.75, 3.05) is 4.90 Å². The van der Waals surface area contributed by atoms with Crippen LogP contribution in [0.25, 0.3) is 66.1 Å². The van der Waals surface area contributed by atoms with Gasteiger partial charge < -0.3 is 4.90 Å². The fourth-order valence-corrected chi connectivity index (χ4v) is 8.28. The lowest BCUT2D eigenvalue weighted by Crippen LogP contribution is -2.16. The summed E-state index contributed by atoms with van der Waals surface area (Å²) in [5.41, 5.74) is 16.7. The lowest BCUT2D eigenvalue weighted by atomic mass is 9.78. The van der Waals surface area contributed by atoms with Gasteiger partial charge in [-0.3, -0.25) is 0 Å². The van der Waals surface area contributed by atoms with Gasteiger partial charge in [0.1, 0.15) is 0 Å². The third-order valence-electron chi connectivity index (χ3n) is 10.7. The van der Waals surface area contributed by atoms with E-state index in [2.05, 4.69) is 183 Å². The number of hydrogen-bond acceptors (Lipinski definition) is 1. The standard InChI is InChI=1S/C47H33N/c1-47(2)43-16-9-8-15-38(43)46-44(47)17-10-18-45(46)48(36-22-19-31(20-23-36)30-11-4-3-5-12-30)37-24-21-34-28-41-39-26-32-13-6-7-14-33(32)27-40(39)42(41)29-35(34)25-37/h3-29H,1-2H3. The molecule has 0 spiro atoms. The van der Waals surface area contributed by atoms with Gasteiger partial charge in [-0.25, -0.2) is 0 Å². The largest absolute Gasteiger partial charge is 0.310 e. The van der Waals surface area contributed by atoms with Crippen LogP contribution >= 0.6 is 0 Å². The highest BCUT2D eigenvalue weighted by molar-refractivity contribution is 6.12. The van der Waals surface area contributed by atoms with Crippen LogP contribution in [-0.2, 0) is 5.41 Å². The van der Waals surface area contributed by atoms with E-state index in [1.807, 2.05) is 0 Å². The van der Waals surface area contributed by atoms with Crippen molar-refractivity contribution in [3.05, 3.63) is 175 Å². The number of fused-ring (bicyclic) bond motifs is 9. The first-order valence-electron chi connectivity index (χ1n) is 16.8. The fourth-order valence-electron chi connectivity index (χ4n) is 8.28. The van der Waals surface area contributed by atoms with Crippen molar-refractivity contribution in [2.45, 2.75) is 19.3 Å². The molecule has 2 aliphatic rings. The Bertz CT molecular complexity index is 2570. The minimum atomic E-state index is -0.0754. The second kappa shape index (κ2) is 10.0. The summed E-state index contributed by atoms with van der Waals surface area (Å²) >= 11 is 0. The maximum Gasteiger partial charge on any atom is 0.0543 e. The van der Waals surface area contributed by atoms with Gasteiger partial charge in [0, 0.05) is 22.4 Å². The lowest BCUT2D eigenvalue weighted by Gasteiger charge is -2.30. The van der Waals surface area contributed by atoms with Crippen molar-refractivity contribution in [3.63, 3.8) is 0 Å². The summed E-state index contributed by atoms with van der Waals surface area (Å²) < 4.78 is 0. The smallest absolute Gasteiger partial charge is 0.0543 e. The van der Waals surface area contributed by atoms with Crippen LogP contribution in [0.2, 0.25) is 0 Å². The van der Waals surface area contributed by atoms with Crippen LogP contribution in [0.15, 0.2) is 164 Å². The molecule has 0 bridgehead atoms. The van der Waals surface area contributed by atoms with E-state index in [9.17, 15) is 0 Å². The highest BCUT2D eigenvalue weighted by Gasteiger charge is 2.37. The summed E-state index contributed by atoms with van der Waals surface area (Å²) in [6.07, 6.45) is 0. The van der Waals surface area contributed by atoms with Crippen LogP contribution in [0.1, 0.15) is 25.0 Å². The number of nitrogens with zero attached hydrogens (tertiary/aromatic N) is 1. The lowest BCUT2D eigenvalue weighted by molar-refractivity contribution is 0.660. The van der Waals surface area contributed by atoms with Crippen molar-refractivity contribution in [3.8, 4) is 44.5 Å². The molecule has 0 fully saturated rings. The van der Waals surface area contributed by atoms with E-state index in [0.717, 1.165) is 11.4 Å². The van der Waals surface area contributed by atoms with Crippen molar-refractivity contribution in [1.82, 2.24) is 0 Å². The average molecular weight is 612 g/mol. The highest BCUT2D eigenvalue weighted by atomic mass is 15.1. The Kier molecular flexibility index (Phi) is 5.69. The van der Waals surface area contributed by atoms with E-state index < -0.39 is 0 Å². The quantitative estimate of drug-likeness (QED) is 0.191. The van der Waals surface area contributed by atoms with Crippen LogP contribution in [0.3, 0.4) is 0 Å². The Hall–Kier alpha value is -5.92. The van der Waals surface area contributed by atoms with Crippen molar-refractivity contribution < 1.29 is 0 Å². The normalized spacial score (nSPS) is 13.4. The molecule has 0 aliphatic heterocycles. The van der Waals surface area contributed by atoms with Gasteiger partial charge in [-0.1, -0.05) is 123 Å². The molecule has 0 atom stereocenters. The van der Waals surface area contributed by atoms with Gasteiger partial charge in [-0.05, 0) is 126 Å².